The molecular weight excluding hydrogens is 623 g/mol. The van der Waals surface area contributed by atoms with Crippen LogP contribution in [0.2, 0.25) is 0 Å². The molecule has 0 bridgehead atoms. The van der Waals surface area contributed by atoms with Gasteiger partial charge in [0.2, 0.25) is 0 Å². The summed E-state index contributed by atoms with van der Waals surface area (Å²) >= 11 is 0. The molecule has 5 aromatic carbocycles. The molecule has 0 saturated carbocycles. The molecule has 0 amide bonds. The molecule has 4 heteroatoms. The molecule has 2 atom stereocenters. The predicted octanol–water partition coefficient (Wildman–Crippen LogP) is 11.4. The maximum absolute atomic E-state index is 6.95. The van der Waals surface area contributed by atoms with Crippen molar-refractivity contribution in [1.29, 1.82) is 0 Å². The highest BCUT2D eigenvalue weighted by molar-refractivity contribution is 6.11. The Kier molecular flexibility index (Phi) is 7.29. The van der Waals surface area contributed by atoms with Crippen LogP contribution in [0, 0.1) is 0 Å². The number of benzene rings is 5. The Morgan fingerprint density at radius 1 is 0.843 bits per heavy atom. The quantitative estimate of drug-likeness (QED) is 0.136. The van der Waals surface area contributed by atoms with E-state index in [1.165, 1.54) is 44.5 Å². The Labute approximate surface area is 300 Å². The molecule has 9 rings (SSSR count). The minimum absolute atomic E-state index is 0.0676. The van der Waals surface area contributed by atoms with Crippen LogP contribution in [0.25, 0.3) is 50.0 Å². The molecule has 252 valence electrons. The zero-order valence-electron chi connectivity index (χ0n) is 30.2. The Morgan fingerprint density at radius 2 is 1.57 bits per heavy atom. The third kappa shape index (κ3) is 4.72. The Morgan fingerprint density at radius 3 is 2.35 bits per heavy atom. The zero-order valence-corrected chi connectivity index (χ0v) is 30.2. The molecule has 7 aromatic rings. The molecule has 51 heavy (non-hydrogen) atoms. The van der Waals surface area contributed by atoms with Crippen molar-refractivity contribution in [2.75, 3.05) is 0 Å². The number of nitrogens with zero attached hydrogens (tertiary/aromatic N) is 3. The highest BCUT2D eigenvalue weighted by Crippen LogP contribution is 2.45. The average molecular weight is 667 g/mol. The van der Waals surface area contributed by atoms with E-state index in [2.05, 4.69) is 166 Å². The maximum Gasteiger partial charge on any atom is 0.299 e. The van der Waals surface area contributed by atoms with E-state index < -0.39 is 5.54 Å². The number of aliphatic imine (C=N–C) groups is 1. The van der Waals surface area contributed by atoms with Crippen molar-refractivity contribution >= 4 is 38.7 Å². The SMILES string of the molecule is C=CC1=NC2(C)/C=C/Cc3ccc4c(oc5ccccc54)c3-c3n(-c4c(C(C)C)cccc4C(C)C)c4ccccc4[n+]3CC2c2ccccc21. The molecule has 0 aliphatic carbocycles. The molecule has 2 aliphatic rings. The summed E-state index contributed by atoms with van der Waals surface area (Å²) in [6.07, 6.45) is 7.35. The molecule has 0 saturated heterocycles. The van der Waals surface area contributed by atoms with Gasteiger partial charge in [0, 0.05) is 27.5 Å². The molecule has 0 radical (unpaired) electrons. The lowest BCUT2D eigenvalue weighted by Crippen LogP contribution is -2.47. The summed E-state index contributed by atoms with van der Waals surface area (Å²) in [5, 5.41) is 2.28. The van der Waals surface area contributed by atoms with E-state index in [9.17, 15) is 0 Å². The van der Waals surface area contributed by atoms with Crippen molar-refractivity contribution < 1.29 is 8.98 Å². The molecular formula is C47H44N3O+. The van der Waals surface area contributed by atoms with E-state index in [0.717, 1.165) is 52.0 Å². The van der Waals surface area contributed by atoms with Gasteiger partial charge in [0.15, 0.2) is 16.6 Å². The fourth-order valence-corrected chi connectivity index (χ4v) is 8.85. The predicted molar refractivity (Wildman–Crippen MR) is 212 cm³/mol. The summed E-state index contributed by atoms with van der Waals surface area (Å²) in [7, 11) is 0. The van der Waals surface area contributed by atoms with E-state index in [1.54, 1.807) is 0 Å². The van der Waals surface area contributed by atoms with Crippen molar-refractivity contribution in [3.63, 3.8) is 0 Å². The first-order chi connectivity index (χ1) is 24.8. The summed E-state index contributed by atoms with van der Waals surface area (Å²) in [6, 6.07) is 37.7. The number of aromatic nitrogens is 2. The van der Waals surface area contributed by atoms with Gasteiger partial charge < -0.3 is 4.42 Å². The second-order valence-corrected chi connectivity index (χ2v) is 15.1. The van der Waals surface area contributed by atoms with Gasteiger partial charge in [-0.05, 0) is 60.6 Å². The van der Waals surface area contributed by atoms with E-state index >= 15 is 0 Å². The Balaban J connectivity index is 1.49. The van der Waals surface area contributed by atoms with Gasteiger partial charge in [0.25, 0.3) is 5.82 Å². The summed E-state index contributed by atoms with van der Waals surface area (Å²) in [5.41, 5.74) is 13.5. The summed E-state index contributed by atoms with van der Waals surface area (Å²) in [4.78, 5) is 5.47. The number of hydrogen-bond donors (Lipinski definition) is 0. The van der Waals surface area contributed by atoms with E-state index in [0.29, 0.717) is 11.8 Å². The van der Waals surface area contributed by atoms with E-state index in [1.807, 2.05) is 6.08 Å². The van der Waals surface area contributed by atoms with Crippen molar-refractivity contribution in [2.45, 2.75) is 70.9 Å². The first-order valence-electron chi connectivity index (χ1n) is 18.4. The number of allylic oxidation sites excluding steroid dienone is 2. The number of imidazole rings is 1. The van der Waals surface area contributed by atoms with Gasteiger partial charge in [-0.3, -0.25) is 4.99 Å². The van der Waals surface area contributed by atoms with Gasteiger partial charge in [0.05, 0.1) is 17.2 Å². The van der Waals surface area contributed by atoms with Gasteiger partial charge in [-0.25, -0.2) is 4.57 Å². The molecule has 4 heterocycles. The van der Waals surface area contributed by atoms with Crippen LogP contribution in [-0.2, 0) is 13.0 Å². The molecule has 0 spiro atoms. The van der Waals surface area contributed by atoms with Gasteiger partial charge >= 0.3 is 0 Å². The lowest BCUT2D eigenvalue weighted by molar-refractivity contribution is -0.664. The van der Waals surface area contributed by atoms with Crippen LogP contribution in [0.4, 0.5) is 0 Å². The second-order valence-electron chi connectivity index (χ2n) is 15.1. The van der Waals surface area contributed by atoms with Crippen LogP contribution in [0.1, 0.15) is 80.2 Å². The molecule has 4 nitrogen and oxygen atoms in total. The lowest BCUT2D eigenvalue weighted by Gasteiger charge is -2.37. The highest BCUT2D eigenvalue weighted by atomic mass is 16.3. The topological polar surface area (TPSA) is 34.3 Å². The van der Waals surface area contributed by atoms with E-state index in [-0.39, 0.29) is 5.92 Å². The fourth-order valence-electron chi connectivity index (χ4n) is 8.85. The van der Waals surface area contributed by atoms with Crippen LogP contribution in [0.3, 0.4) is 0 Å². The Bertz CT molecular complexity index is 2570. The largest absolute Gasteiger partial charge is 0.455 e. The molecule has 2 aliphatic heterocycles. The molecule has 2 unspecified atom stereocenters. The van der Waals surface area contributed by atoms with Crippen LogP contribution in [0.5, 0.6) is 0 Å². The summed E-state index contributed by atoms with van der Waals surface area (Å²) < 4.78 is 12.1. The van der Waals surface area contributed by atoms with Crippen molar-refractivity contribution in [3.05, 3.63) is 156 Å². The van der Waals surface area contributed by atoms with Gasteiger partial charge in [-0.1, -0.05) is 131 Å². The van der Waals surface area contributed by atoms with Gasteiger partial charge in [-0.15, -0.1) is 0 Å². The highest BCUT2D eigenvalue weighted by Gasteiger charge is 2.43. The minimum atomic E-state index is -0.481. The smallest absolute Gasteiger partial charge is 0.299 e. The maximum atomic E-state index is 6.95. The molecule has 2 aromatic heterocycles. The monoisotopic (exact) mass is 666 g/mol. The number of rotatable bonds is 4. The third-order valence-electron chi connectivity index (χ3n) is 11.3. The van der Waals surface area contributed by atoms with Gasteiger partial charge in [-0.2, -0.15) is 4.57 Å². The normalized spacial score (nSPS) is 19.1. The zero-order chi connectivity index (χ0) is 35.0. The number of hydrogen-bond acceptors (Lipinski definition) is 2. The summed E-state index contributed by atoms with van der Waals surface area (Å²) in [6.45, 7) is 16.5. The Hall–Kier alpha value is -5.48. The van der Waals surface area contributed by atoms with E-state index in [4.69, 9.17) is 9.41 Å². The summed E-state index contributed by atoms with van der Waals surface area (Å²) in [5.74, 6) is 1.87. The van der Waals surface area contributed by atoms with Crippen molar-refractivity contribution in [2.24, 2.45) is 4.99 Å². The molecule has 0 N–H and O–H groups in total. The third-order valence-corrected chi connectivity index (χ3v) is 11.3. The van der Waals surface area contributed by atoms with Crippen LogP contribution in [0.15, 0.2) is 137 Å². The van der Waals surface area contributed by atoms with Crippen molar-refractivity contribution in [1.82, 2.24) is 4.57 Å². The van der Waals surface area contributed by atoms with Crippen molar-refractivity contribution in [3.8, 4) is 17.1 Å². The van der Waals surface area contributed by atoms with Crippen LogP contribution >= 0.6 is 0 Å². The second kappa shape index (κ2) is 11.8. The number of fused-ring (bicyclic) bond motifs is 12. The number of para-hydroxylation sites is 4. The minimum Gasteiger partial charge on any atom is -0.455 e. The average Bonchev–Trinajstić information content (AvgIpc) is 3.67. The van der Waals surface area contributed by atoms with Crippen LogP contribution < -0.4 is 4.57 Å². The lowest BCUT2D eigenvalue weighted by atomic mass is 9.74. The first kappa shape index (κ1) is 31.5. The molecule has 0 fully saturated rings. The van der Waals surface area contributed by atoms with Gasteiger partial charge in [0.1, 0.15) is 23.4 Å². The number of furan rings is 1. The fraction of sp³-hybridized carbons (Fsp3) is 0.234. The standard InChI is InChI=1S/C47H44N3O/c1-7-39-35-18-9-8-17-34(35)38-28-49-40-22-11-12-23-41(40)50(44-32(29(2)3)20-14-21-33(44)30(4)5)46(49)43-31(16-15-27-47(38,6)48-39)25-26-37-36-19-10-13-24-42(36)51-45(37)43/h7-15,17-27,29-30,38H,1,16,28H2,2-6H3/q+1/b27-15+. The first-order valence-corrected chi connectivity index (χ1v) is 18.4. The van der Waals surface area contributed by atoms with Crippen LogP contribution in [-0.4, -0.2) is 15.8 Å².